The summed E-state index contributed by atoms with van der Waals surface area (Å²) in [4.78, 5) is 1.49. The molecule has 0 radical (unpaired) electrons. The molecule has 1 heterocycles. The summed E-state index contributed by atoms with van der Waals surface area (Å²) in [7, 11) is 0.345. The Hall–Kier alpha value is -1.92. The van der Waals surface area contributed by atoms with Crippen molar-refractivity contribution in [2.24, 2.45) is 0 Å². The molecule has 0 aliphatic rings. The Morgan fingerprint density at radius 2 is 1.60 bits per heavy atom. The second kappa shape index (κ2) is 8.45. The topological polar surface area (TPSA) is 28.7 Å². The summed E-state index contributed by atoms with van der Waals surface area (Å²) in [6, 6.07) is 17.7. The Labute approximate surface area is 153 Å². The number of aromatic nitrogens is 1. The van der Waals surface area contributed by atoms with Gasteiger partial charge in [0.1, 0.15) is 18.1 Å². The van der Waals surface area contributed by atoms with Crippen LogP contribution in [0.4, 0.5) is 0 Å². The summed E-state index contributed by atoms with van der Waals surface area (Å²) in [6.45, 7) is 4.96. The Morgan fingerprint density at radius 1 is 0.920 bits per heavy atom. The summed E-state index contributed by atoms with van der Waals surface area (Å²) in [5, 5.41) is 11.8. The third kappa shape index (κ3) is 3.70. The lowest BCUT2D eigenvalue weighted by Gasteiger charge is -2.08. The van der Waals surface area contributed by atoms with Crippen LogP contribution in [0.2, 0.25) is 0 Å². The summed E-state index contributed by atoms with van der Waals surface area (Å²) < 4.78 is 2.14. The molecule has 0 unspecified atom stereocenters. The van der Waals surface area contributed by atoms with Gasteiger partial charge >= 0.3 is 0 Å². The standard InChI is InChI=1S/C22H27N2S/c1-3-5-15-25(16-6-4-2)18-11-12-22-20(17-18)19-9-7-8-10-21(19)24(22)14-13-23/h7-12,17H,3-6,14-16H2,1-2H3/q+1. The Balaban J connectivity index is 2.09. The number of nitriles is 1. The van der Waals surface area contributed by atoms with Gasteiger partial charge in [-0.15, -0.1) is 0 Å². The van der Waals surface area contributed by atoms with Crippen LogP contribution in [0.1, 0.15) is 39.5 Å². The zero-order chi connectivity index (χ0) is 17.6. The van der Waals surface area contributed by atoms with E-state index in [1.807, 2.05) is 0 Å². The van der Waals surface area contributed by atoms with Crippen molar-refractivity contribution in [2.45, 2.75) is 51.0 Å². The number of para-hydroxylation sites is 1. The van der Waals surface area contributed by atoms with Crippen molar-refractivity contribution in [1.82, 2.24) is 4.57 Å². The first-order valence-corrected chi connectivity index (χ1v) is 10.9. The van der Waals surface area contributed by atoms with Crippen LogP contribution in [0.25, 0.3) is 21.8 Å². The van der Waals surface area contributed by atoms with Gasteiger partial charge in [-0.1, -0.05) is 44.9 Å². The van der Waals surface area contributed by atoms with Gasteiger partial charge in [0.25, 0.3) is 0 Å². The van der Waals surface area contributed by atoms with Crippen LogP contribution in [0.5, 0.6) is 0 Å². The predicted molar refractivity (Wildman–Crippen MR) is 110 cm³/mol. The Morgan fingerprint density at radius 3 is 2.28 bits per heavy atom. The third-order valence-electron chi connectivity index (χ3n) is 4.79. The first-order valence-electron chi connectivity index (χ1n) is 9.35. The monoisotopic (exact) mass is 351 g/mol. The third-order valence-corrected chi connectivity index (χ3v) is 7.28. The van der Waals surface area contributed by atoms with Crippen molar-refractivity contribution in [3.05, 3.63) is 42.5 Å². The van der Waals surface area contributed by atoms with Crippen LogP contribution in [-0.2, 0) is 17.4 Å². The quantitative estimate of drug-likeness (QED) is 0.465. The fourth-order valence-electron chi connectivity index (χ4n) is 3.43. The SMILES string of the molecule is CCCC[S+](CCCC)c1ccc2c(c1)c1ccccc1n2CC#N. The van der Waals surface area contributed by atoms with E-state index in [9.17, 15) is 5.26 Å². The molecule has 0 aliphatic carbocycles. The van der Waals surface area contributed by atoms with Gasteiger partial charge in [-0.05, 0) is 31.0 Å². The number of hydrogen-bond acceptors (Lipinski definition) is 1. The van der Waals surface area contributed by atoms with Crippen LogP contribution in [0, 0.1) is 11.3 Å². The average molecular weight is 352 g/mol. The van der Waals surface area contributed by atoms with E-state index in [4.69, 9.17) is 0 Å². The highest BCUT2D eigenvalue weighted by atomic mass is 32.2. The summed E-state index contributed by atoms with van der Waals surface area (Å²) in [5.41, 5.74) is 2.35. The highest BCUT2D eigenvalue weighted by Crippen LogP contribution is 2.31. The molecule has 0 spiro atoms. The molecule has 25 heavy (non-hydrogen) atoms. The fraction of sp³-hybridized carbons (Fsp3) is 0.409. The fourth-order valence-corrected chi connectivity index (χ4v) is 5.92. The maximum absolute atomic E-state index is 9.22. The van der Waals surface area contributed by atoms with E-state index >= 15 is 0 Å². The van der Waals surface area contributed by atoms with Crippen LogP contribution in [0.15, 0.2) is 47.4 Å². The Bertz CT molecular complexity index is 880. The van der Waals surface area contributed by atoms with Crippen molar-refractivity contribution in [2.75, 3.05) is 11.5 Å². The summed E-state index contributed by atoms with van der Waals surface area (Å²) >= 11 is 0. The number of unbranched alkanes of at least 4 members (excludes halogenated alkanes) is 2. The minimum Gasteiger partial charge on any atom is -0.326 e. The highest BCUT2D eigenvalue weighted by molar-refractivity contribution is 7.96. The molecule has 3 heteroatoms. The molecule has 0 aliphatic heterocycles. The van der Waals surface area contributed by atoms with Gasteiger partial charge in [-0.25, -0.2) is 0 Å². The van der Waals surface area contributed by atoms with E-state index < -0.39 is 0 Å². The van der Waals surface area contributed by atoms with Crippen molar-refractivity contribution < 1.29 is 0 Å². The zero-order valence-corrected chi connectivity index (χ0v) is 16.1. The van der Waals surface area contributed by atoms with Gasteiger partial charge < -0.3 is 4.57 Å². The molecular formula is C22H27N2S+. The molecule has 0 bridgehead atoms. The molecule has 0 fully saturated rings. The minimum absolute atomic E-state index is 0.345. The number of benzene rings is 2. The van der Waals surface area contributed by atoms with Crippen LogP contribution >= 0.6 is 0 Å². The maximum atomic E-state index is 9.22. The maximum Gasteiger partial charge on any atom is 0.155 e. The summed E-state index contributed by atoms with van der Waals surface area (Å²) in [5.74, 6) is 2.61. The van der Waals surface area contributed by atoms with Crippen LogP contribution < -0.4 is 0 Å². The molecule has 1 aromatic heterocycles. The van der Waals surface area contributed by atoms with Gasteiger partial charge in [-0.3, -0.25) is 0 Å². The average Bonchev–Trinajstić information content (AvgIpc) is 2.96. The lowest BCUT2D eigenvalue weighted by molar-refractivity contribution is 0.870. The van der Waals surface area contributed by atoms with Crippen LogP contribution in [-0.4, -0.2) is 16.1 Å². The molecule has 3 rings (SSSR count). The predicted octanol–water partition coefficient (Wildman–Crippen LogP) is 5.90. The van der Waals surface area contributed by atoms with Gasteiger partial charge in [-0.2, -0.15) is 5.26 Å². The first kappa shape index (κ1) is 17.9. The van der Waals surface area contributed by atoms with Gasteiger partial charge in [0.05, 0.1) is 17.1 Å². The van der Waals surface area contributed by atoms with Gasteiger partial charge in [0.2, 0.25) is 0 Å². The number of hydrogen-bond donors (Lipinski definition) is 0. The van der Waals surface area contributed by atoms with Crippen LogP contribution in [0.3, 0.4) is 0 Å². The van der Waals surface area contributed by atoms with Crippen molar-refractivity contribution in [1.29, 1.82) is 5.26 Å². The summed E-state index contributed by atoms with van der Waals surface area (Å²) in [6.07, 6.45) is 5.14. The molecule has 2 aromatic carbocycles. The second-order valence-electron chi connectivity index (χ2n) is 6.55. The van der Waals surface area contributed by atoms with Crippen molar-refractivity contribution in [3.8, 4) is 6.07 Å². The molecular weight excluding hydrogens is 324 g/mol. The largest absolute Gasteiger partial charge is 0.326 e. The zero-order valence-electron chi connectivity index (χ0n) is 15.3. The second-order valence-corrected chi connectivity index (χ2v) is 8.82. The van der Waals surface area contributed by atoms with E-state index in [0.29, 0.717) is 17.4 Å². The number of nitrogens with zero attached hydrogens (tertiary/aromatic N) is 2. The lowest BCUT2D eigenvalue weighted by Crippen LogP contribution is -2.12. The van der Waals surface area contributed by atoms with Crippen molar-refractivity contribution >= 4 is 32.7 Å². The highest BCUT2D eigenvalue weighted by Gasteiger charge is 2.22. The minimum atomic E-state index is 0.345. The first-order chi connectivity index (χ1) is 12.3. The van der Waals surface area contributed by atoms with E-state index in [2.05, 4.69) is 66.9 Å². The van der Waals surface area contributed by atoms with Gasteiger partial charge in [0, 0.05) is 27.7 Å². The number of fused-ring (bicyclic) bond motifs is 3. The molecule has 0 saturated heterocycles. The molecule has 0 amide bonds. The molecule has 0 atom stereocenters. The normalized spacial score (nSPS) is 11.4. The molecule has 2 nitrogen and oxygen atoms in total. The van der Waals surface area contributed by atoms with E-state index in [-0.39, 0.29) is 0 Å². The number of rotatable bonds is 8. The van der Waals surface area contributed by atoms with E-state index in [0.717, 1.165) is 5.52 Å². The molecule has 0 saturated carbocycles. The van der Waals surface area contributed by atoms with Crippen molar-refractivity contribution in [3.63, 3.8) is 0 Å². The Kier molecular flexibility index (Phi) is 6.04. The molecule has 130 valence electrons. The van der Waals surface area contributed by atoms with E-state index in [1.165, 1.54) is 58.4 Å². The molecule has 3 aromatic rings. The van der Waals surface area contributed by atoms with Gasteiger partial charge in [0.15, 0.2) is 4.90 Å². The van der Waals surface area contributed by atoms with E-state index in [1.54, 1.807) is 0 Å². The molecule has 0 N–H and O–H groups in total. The smallest absolute Gasteiger partial charge is 0.155 e. The lowest BCUT2D eigenvalue weighted by atomic mass is 10.1.